The van der Waals surface area contributed by atoms with Crippen molar-refractivity contribution >= 4 is 6.03 Å². The van der Waals surface area contributed by atoms with Gasteiger partial charge in [-0.25, -0.2) is 9.18 Å². The number of nitrogens with zero attached hydrogens (tertiary/aromatic N) is 1. The highest BCUT2D eigenvalue weighted by molar-refractivity contribution is 5.74. The number of aromatic nitrogens is 1. The van der Waals surface area contributed by atoms with E-state index in [2.05, 4.69) is 15.8 Å². The molecule has 7 heteroatoms. The maximum Gasteiger partial charge on any atom is 0.315 e. The molecule has 2 amide bonds. The lowest BCUT2D eigenvalue weighted by Gasteiger charge is -2.14. The largest absolute Gasteiger partial charge is 0.490 e. The van der Waals surface area contributed by atoms with Gasteiger partial charge in [-0.1, -0.05) is 17.3 Å². The second-order valence-electron chi connectivity index (χ2n) is 5.49. The van der Waals surface area contributed by atoms with Crippen molar-refractivity contribution in [2.24, 2.45) is 0 Å². The third kappa shape index (κ3) is 4.71. The van der Waals surface area contributed by atoms with E-state index < -0.39 is 5.82 Å². The van der Waals surface area contributed by atoms with Crippen LogP contribution in [0.3, 0.4) is 0 Å². The van der Waals surface area contributed by atoms with Gasteiger partial charge in [0.15, 0.2) is 11.6 Å². The molecule has 1 aromatic heterocycles. The van der Waals surface area contributed by atoms with Gasteiger partial charge in [-0.3, -0.25) is 0 Å². The summed E-state index contributed by atoms with van der Waals surface area (Å²) in [6, 6.07) is 5.74. The Morgan fingerprint density at radius 1 is 1.38 bits per heavy atom. The van der Waals surface area contributed by atoms with Crippen molar-refractivity contribution in [3.63, 3.8) is 0 Å². The van der Waals surface area contributed by atoms with E-state index in [0.717, 1.165) is 11.3 Å². The Bertz CT molecular complexity index is 668. The molecule has 1 heterocycles. The minimum absolute atomic E-state index is 0.203. The molecule has 0 aliphatic rings. The number of carbonyl (C=O) groups excluding carboxylic acids is 1. The summed E-state index contributed by atoms with van der Waals surface area (Å²) in [5.41, 5.74) is 1.65. The van der Waals surface area contributed by atoms with Crippen LogP contribution < -0.4 is 15.4 Å². The molecular formula is C17H22FN3O3. The van der Waals surface area contributed by atoms with Crippen molar-refractivity contribution < 1.29 is 18.4 Å². The SMILES string of the molecule is Cc1noc(C)c1[C@@H](C)NC(=O)NCCCOc1ccccc1F. The minimum Gasteiger partial charge on any atom is -0.490 e. The van der Waals surface area contributed by atoms with Gasteiger partial charge >= 0.3 is 6.03 Å². The molecule has 0 fully saturated rings. The highest BCUT2D eigenvalue weighted by atomic mass is 19.1. The van der Waals surface area contributed by atoms with Crippen LogP contribution in [-0.4, -0.2) is 24.3 Å². The maximum atomic E-state index is 13.4. The number of para-hydroxylation sites is 1. The van der Waals surface area contributed by atoms with E-state index in [1.807, 2.05) is 20.8 Å². The minimum atomic E-state index is -0.392. The fourth-order valence-electron chi connectivity index (χ4n) is 2.45. The van der Waals surface area contributed by atoms with Crippen molar-refractivity contribution in [3.05, 3.63) is 47.1 Å². The predicted molar refractivity (Wildman–Crippen MR) is 87.4 cm³/mol. The summed E-state index contributed by atoms with van der Waals surface area (Å²) < 4.78 is 23.8. The average Bonchev–Trinajstić information content (AvgIpc) is 2.87. The van der Waals surface area contributed by atoms with Crippen LogP contribution in [0.2, 0.25) is 0 Å². The van der Waals surface area contributed by atoms with Crippen LogP contribution in [0.15, 0.2) is 28.8 Å². The molecule has 0 spiro atoms. The van der Waals surface area contributed by atoms with Crippen LogP contribution in [0.25, 0.3) is 0 Å². The molecule has 130 valence electrons. The van der Waals surface area contributed by atoms with Gasteiger partial charge in [-0.05, 0) is 39.3 Å². The molecule has 2 N–H and O–H groups in total. The molecule has 0 aliphatic carbocycles. The fraction of sp³-hybridized carbons (Fsp3) is 0.412. The zero-order valence-electron chi connectivity index (χ0n) is 14.1. The van der Waals surface area contributed by atoms with Crippen LogP contribution >= 0.6 is 0 Å². The molecule has 0 radical (unpaired) electrons. The van der Waals surface area contributed by atoms with E-state index in [0.29, 0.717) is 25.3 Å². The van der Waals surface area contributed by atoms with Gasteiger partial charge in [-0.2, -0.15) is 0 Å². The Balaban J connectivity index is 1.67. The number of aryl methyl sites for hydroxylation is 2. The summed E-state index contributed by atoms with van der Waals surface area (Å²) in [7, 11) is 0. The summed E-state index contributed by atoms with van der Waals surface area (Å²) >= 11 is 0. The van der Waals surface area contributed by atoms with Gasteiger partial charge in [0, 0.05) is 12.1 Å². The molecular weight excluding hydrogens is 313 g/mol. The van der Waals surface area contributed by atoms with Gasteiger partial charge in [0.1, 0.15) is 5.76 Å². The van der Waals surface area contributed by atoms with Crippen molar-refractivity contribution in [1.82, 2.24) is 15.8 Å². The Labute approximate surface area is 140 Å². The molecule has 2 rings (SSSR count). The first-order valence-electron chi connectivity index (χ1n) is 7.83. The second-order valence-corrected chi connectivity index (χ2v) is 5.49. The molecule has 6 nitrogen and oxygen atoms in total. The van der Waals surface area contributed by atoms with Crippen LogP contribution in [0, 0.1) is 19.7 Å². The van der Waals surface area contributed by atoms with Gasteiger partial charge in [0.05, 0.1) is 18.3 Å². The monoisotopic (exact) mass is 335 g/mol. The first kappa shape index (κ1) is 17.8. The first-order valence-corrected chi connectivity index (χ1v) is 7.83. The number of urea groups is 1. The molecule has 1 aromatic carbocycles. The van der Waals surface area contributed by atoms with E-state index in [1.54, 1.807) is 18.2 Å². The standard InChI is InChI=1S/C17H22FN3O3/c1-11(16-12(2)21-24-13(16)3)20-17(22)19-9-6-10-23-15-8-5-4-7-14(15)18/h4-5,7-8,11H,6,9-10H2,1-3H3,(H2,19,20,22)/t11-/m1/s1. The lowest BCUT2D eigenvalue weighted by atomic mass is 10.1. The quantitative estimate of drug-likeness (QED) is 0.762. The normalized spacial score (nSPS) is 11.8. The van der Waals surface area contributed by atoms with Gasteiger partial charge < -0.3 is 19.9 Å². The van der Waals surface area contributed by atoms with Crippen LogP contribution in [0.5, 0.6) is 5.75 Å². The number of hydrogen-bond acceptors (Lipinski definition) is 4. The number of nitrogens with one attached hydrogen (secondary N) is 2. The molecule has 24 heavy (non-hydrogen) atoms. The fourth-order valence-corrected chi connectivity index (χ4v) is 2.45. The van der Waals surface area contributed by atoms with E-state index in [4.69, 9.17) is 9.26 Å². The maximum absolute atomic E-state index is 13.4. The molecule has 0 unspecified atom stereocenters. The summed E-state index contributed by atoms with van der Waals surface area (Å²) in [5.74, 6) is 0.518. The van der Waals surface area contributed by atoms with Crippen molar-refractivity contribution in [1.29, 1.82) is 0 Å². The third-order valence-electron chi connectivity index (χ3n) is 3.57. The number of carbonyl (C=O) groups is 1. The Kier molecular flexibility index (Phi) is 6.17. The lowest BCUT2D eigenvalue weighted by Crippen LogP contribution is -2.38. The Hall–Kier alpha value is -2.57. The average molecular weight is 335 g/mol. The Morgan fingerprint density at radius 2 is 2.12 bits per heavy atom. The number of ether oxygens (including phenoxy) is 1. The highest BCUT2D eigenvalue weighted by Crippen LogP contribution is 2.20. The smallest absolute Gasteiger partial charge is 0.315 e. The molecule has 2 aromatic rings. The number of halogens is 1. The number of benzene rings is 1. The van der Waals surface area contributed by atoms with Crippen LogP contribution in [-0.2, 0) is 0 Å². The topological polar surface area (TPSA) is 76.4 Å². The van der Waals surface area contributed by atoms with Gasteiger partial charge in [0.2, 0.25) is 0 Å². The van der Waals surface area contributed by atoms with Crippen LogP contribution in [0.4, 0.5) is 9.18 Å². The summed E-state index contributed by atoms with van der Waals surface area (Å²) in [5, 5.41) is 9.44. The van der Waals surface area contributed by atoms with E-state index in [9.17, 15) is 9.18 Å². The molecule has 0 aliphatic heterocycles. The summed E-state index contributed by atoms with van der Waals surface area (Å²) in [6.45, 7) is 6.26. The molecule has 0 saturated heterocycles. The Morgan fingerprint density at radius 3 is 2.79 bits per heavy atom. The summed E-state index contributed by atoms with van der Waals surface area (Å²) in [6.07, 6.45) is 0.571. The first-order chi connectivity index (χ1) is 11.5. The second kappa shape index (κ2) is 8.33. The third-order valence-corrected chi connectivity index (χ3v) is 3.57. The van der Waals surface area contributed by atoms with Crippen molar-refractivity contribution in [2.75, 3.05) is 13.2 Å². The number of amides is 2. The summed E-state index contributed by atoms with van der Waals surface area (Å²) in [4.78, 5) is 11.9. The molecule has 0 saturated carbocycles. The van der Waals surface area contributed by atoms with E-state index in [-0.39, 0.29) is 17.8 Å². The lowest BCUT2D eigenvalue weighted by molar-refractivity contribution is 0.235. The zero-order valence-corrected chi connectivity index (χ0v) is 14.1. The number of hydrogen-bond donors (Lipinski definition) is 2. The van der Waals surface area contributed by atoms with E-state index >= 15 is 0 Å². The predicted octanol–water partition coefficient (Wildman–Crippen LogP) is 3.26. The van der Waals surface area contributed by atoms with Gasteiger partial charge in [-0.15, -0.1) is 0 Å². The molecule has 0 bridgehead atoms. The van der Waals surface area contributed by atoms with E-state index in [1.165, 1.54) is 6.07 Å². The van der Waals surface area contributed by atoms with Crippen molar-refractivity contribution in [2.45, 2.75) is 33.2 Å². The van der Waals surface area contributed by atoms with Crippen LogP contribution in [0.1, 0.15) is 36.4 Å². The zero-order chi connectivity index (χ0) is 17.5. The van der Waals surface area contributed by atoms with Crippen molar-refractivity contribution in [3.8, 4) is 5.75 Å². The van der Waals surface area contributed by atoms with Gasteiger partial charge in [0.25, 0.3) is 0 Å². The highest BCUT2D eigenvalue weighted by Gasteiger charge is 2.17. The number of rotatable bonds is 7. The molecule has 1 atom stereocenters.